The van der Waals surface area contributed by atoms with E-state index in [0.29, 0.717) is 30.6 Å². The van der Waals surface area contributed by atoms with Gasteiger partial charge in [-0.2, -0.15) is 0 Å². The molecule has 42 heavy (non-hydrogen) atoms. The lowest BCUT2D eigenvalue weighted by Gasteiger charge is -2.50. The molecule has 3 aliphatic rings. The first kappa shape index (κ1) is 27.8. The molecule has 3 aromatic carbocycles. The second-order valence-corrected chi connectivity index (χ2v) is 11.6. The summed E-state index contributed by atoms with van der Waals surface area (Å²) in [6.07, 6.45) is 0.331. The molecule has 0 aromatic heterocycles. The van der Waals surface area contributed by atoms with E-state index in [-0.39, 0.29) is 36.0 Å². The summed E-state index contributed by atoms with van der Waals surface area (Å²) in [4.78, 5) is 53.6. The average Bonchev–Trinajstić information content (AvgIpc) is 3.43. The topological polar surface area (TPSA) is 102 Å². The Kier molecular flexibility index (Phi) is 8.10. The third-order valence-corrected chi connectivity index (χ3v) is 8.98. The Balaban J connectivity index is 1.26. The van der Waals surface area contributed by atoms with Crippen molar-refractivity contribution in [2.45, 2.75) is 49.3 Å². The normalized spacial score (nSPS) is 21.5. The molecule has 0 radical (unpaired) electrons. The molecule has 6 rings (SSSR count). The van der Waals surface area contributed by atoms with E-state index < -0.39 is 23.5 Å². The summed E-state index contributed by atoms with van der Waals surface area (Å²) in [6, 6.07) is 27.5. The van der Waals surface area contributed by atoms with Gasteiger partial charge in [-0.25, -0.2) is 4.79 Å². The Morgan fingerprint density at radius 3 is 2.14 bits per heavy atom. The van der Waals surface area contributed by atoms with Crippen molar-refractivity contribution < 1.29 is 28.7 Å². The van der Waals surface area contributed by atoms with Crippen LogP contribution >= 0.6 is 11.8 Å². The van der Waals surface area contributed by atoms with Gasteiger partial charge >= 0.3 is 11.9 Å². The second kappa shape index (κ2) is 12.2. The Hall–Kier alpha value is -4.37. The molecule has 214 valence electrons. The third-order valence-electron chi connectivity index (χ3n) is 7.64. The molecule has 0 saturated carbocycles. The Morgan fingerprint density at radius 2 is 1.55 bits per heavy atom. The molecule has 0 aliphatic carbocycles. The van der Waals surface area contributed by atoms with Crippen molar-refractivity contribution in [1.29, 1.82) is 0 Å². The average molecular weight is 583 g/mol. The monoisotopic (exact) mass is 582 g/mol. The van der Waals surface area contributed by atoms with Gasteiger partial charge in [0.1, 0.15) is 23.2 Å². The third kappa shape index (κ3) is 5.83. The summed E-state index contributed by atoms with van der Waals surface area (Å²) in [5.74, 6) is -1.07. The van der Waals surface area contributed by atoms with Crippen LogP contribution in [0.15, 0.2) is 102 Å². The quantitative estimate of drug-likeness (QED) is 0.296. The van der Waals surface area contributed by atoms with Crippen LogP contribution in [-0.4, -0.2) is 51.9 Å². The fraction of sp³-hybridized carbons (Fsp3) is 0.273. The highest BCUT2D eigenvalue weighted by molar-refractivity contribution is 8.00. The molecule has 9 heteroatoms. The summed E-state index contributed by atoms with van der Waals surface area (Å²) in [7, 11) is 0. The lowest BCUT2D eigenvalue weighted by Crippen LogP contribution is -2.70. The number of benzene rings is 3. The van der Waals surface area contributed by atoms with E-state index in [4.69, 9.17) is 9.47 Å². The van der Waals surface area contributed by atoms with Crippen molar-refractivity contribution in [3.05, 3.63) is 119 Å². The van der Waals surface area contributed by atoms with Gasteiger partial charge < -0.3 is 14.8 Å². The highest BCUT2D eigenvalue weighted by Crippen LogP contribution is 2.43. The number of nitrogens with zero attached hydrogens (tertiary/aromatic N) is 1. The molecule has 0 bridgehead atoms. The zero-order valence-electron chi connectivity index (χ0n) is 22.8. The zero-order valence-corrected chi connectivity index (χ0v) is 23.6. The maximum Gasteiger partial charge on any atom is 0.356 e. The van der Waals surface area contributed by atoms with Crippen LogP contribution in [0.25, 0.3) is 0 Å². The van der Waals surface area contributed by atoms with E-state index >= 15 is 0 Å². The van der Waals surface area contributed by atoms with E-state index in [1.807, 2.05) is 91.0 Å². The van der Waals surface area contributed by atoms with E-state index in [1.54, 1.807) is 0 Å². The molecule has 3 aromatic rings. The molecule has 0 spiro atoms. The number of carbonyl (C=O) groups is 4. The molecule has 3 atom stereocenters. The molecule has 1 N–H and O–H groups in total. The van der Waals surface area contributed by atoms with Crippen LogP contribution in [-0.2, 0) is 35.1 Å². The first-order chi connectivity index (χ1) is 20.5. The van der Waals surface area contributed by atoms with Crippen LogP contribution < -0.4 is 5.32 Å². The van der Waals surface area contributed by atoms with Crippen LogP contribution in [0.1, 0.15) is 42.1 Å². The van der Waals surface area contributed by atoms with E-state index in [9.17, 15) is 19.2 Å². The summed E-state index contributed by atoms with van der Waals surface area (Å²) in [6.45, 7) is 0. The van der Waals surface area contributed by atoms with Gasteiger partial charge in [0.25, 0.3) is 5.91 Å². The number of amides is 2. The van der Waals surface area contributed by atoms with Crippen molar-refractivity contribution in [1.82, 2.24) is 10.2 Å². The lowest BCUT2D eigenvalue weighted by atomic mass is 9.98. The van der Waals surface area contributed by atoms with Crippen LogP contribution in [0.5, 0.6) is 0 Å². The fourth-order valence-electron chi connectivity index (χ4n) is 5.58. The minimum absolute atomic E-state index is 0.154. The Labute approximate surface area is 248 Å². The molecule has 3 aliphatic heterocycles. The molecule has 3 heterocycles. The molecule has 2 amide bonds. The number of cyclic esters (lactones) is 1. The number of β-lactam (4-membered cyclic amide) rings is 1. The van der Waals surface area contributed by atoms with Crippen molar-refractivity contribution in [3.8, 4) is 0 Å². The smallest absolute Gasteiger partial charge is 0.356 e. The predicted molar refractivity (Wildman–Crippen MR) is 157 cm³/mol. The van der Waals surface area contributed by atoms with Gasteiger partial charge in [0, 0.05) is 18.6 Å². The van der Waals surface area contributed by atoms with Crippen molar-refractivity contribution in [2.75, 3.05) is 5.75 Å². The fourth-order valence-corrected chi connectivity index (χ4v) is 6.94. The van der Waals surface area contributed by atoms with Gasteiger partial charge in [0.2, 0.25) is 5.91 Å². The molecule has 2 saturated heterocycles. The number of fused-ring (bicyclic) bond motifs is 1. The van der Waals surface area contributed by atoms with Crippen LogP contribution in [0.3, 0.4) is 0 Å². The van der Waals surface area contributed by atoms with E-state index in [1.165, 1.54) is 16.7 Å². The molecular formula is C33H30N2O6S. The van der Waals surface area contributed by atoms with Gasteiger partial charge in [0.05, 0.1) is 6.42 Å². The van der Waals surface area contributed by atoms with Gasteiger partial charge in [-0.05, 0) is 28.7 Å². The number of esters is 2. The minimum Gasteiger partial charge on any atom is -0.462 e. The van der Waals surface area contributed by atoms with Crippen molar-refractivity contribution in [2.24, 2.45) is 0 Å². The van der Waals surface area contributed by atoms with Gasteiger partial charge in [-0.3, -0.25) is 19.3 Å². The maximum absolute atomic E-state index is 14.0. The first-order valence-electron chi connectivity index (χ1n) is 14.0. The molecule has 1 unspecified atom stereocenters. The van der Waals surface area contributed by atoms with Gasteiger partial charge in [-0.15, -0.1) is 11.8 Å². The van der Waals surface area contributed by atoms with Crippen molar-refractivity contribution in [3.63, 3.8) is 0 Å². The SMILES string of the molecule is O=C(Cc1ccccc1)N[C@@H]1C(=O)N2C(C(=O)OC(c3ccccc3)c3ccccc3)=C(CC3CCC(=O)O3)CS[C@H]12. The van der Waals surface area contributed by atoms with Gasteiger partial charge in [-0.1, -0.05) is 91.0 Å². The number of hydrogen-bond donors (Lipinski definition) is 1. The Bertz CT molecular complexity index is 1470. The van der Waals surface area contributed by atoms with Crippen LogP contribution in [0.4, 0.5) is 0 Å². The van der Waals surface area contributed by atoms with Crippen molar-refractivity contribution >= 4 is 35.5 Å². The number of rotatable bonds is 9. The summed E-state index contributed by atoms with van der Waals surface area (Å²) in [5.41, 5.74) is 3.32. The number of ether oxygens (including phenoxy) is 2. The van der Waals surface area contributed by atoms with Gasteiger partial charge in [0.15, 0.2) is 6.10 Å². The second-order valence-electron chi connectivity index (χ2n) is 10.5. The maximum atomic E-state index is 14.0. The highest BCUT2D eigenvalue weighted by Gasteiger charge is 2.54. The highest BCUT2D eigenvalue weighted by atomic mass is 32.2. The number of nitrogens with one attached hydrogen (secondary N) is 1. The standard InChI is InChI=1S/C33H30N2O6S/c36-26(18-21-10-4-1-5-11-21)34-28-31(38)35-29(24(20-42-32(28)35)19-25-16-17-27(37)40-25)33(39)41-30(22-12-6-2-7-13-22)23-14-8-3-9-15-23/h1-15,25,28,30,32H,16-20H2,(H,34,36)/t25?,28-,32-/m1/s1. The number of carbonyl (C=O) groups excluding carboxylic acids is 4. The first-order valence-corrected chi connectivity index (χ1v) is 15.0. The number of thioether (sulfide) groups is 1. The summed E-state index contributed by atoms with van der Waals surface area (Å²) in [5, 5.41) is 2.42. The van der Waals surface area contributed by atoms with Crippen LogP contribution in [0, 0.1) is 0 Å². The van der Waals surface area contributed by atoms with E-state index in [2.05, 4.69) is 5.32 Å². The molecule has 2 fully saturated rings. The number of hydrogen-bond acceptors (Lipinski definition) is 7. The summed E-state index contributed by atoms with van der Waals surface area (Å²) < 4.78 is 11.6. The summed E-state index contributed by atoms with van der Waals surface area (Å²) >= 11 is 1.48. The minimum atomic E-state index is -0.751. The van der Waals surface area contributed by atoms with Crippen LogP contribution in [0.2, 0.25) is 0 Å². The predicted octanol–water partition coefficient (Wildman–Crippen LogP) is 4.31. The molecule has 8 nitrogen and oxygen atoms in total. The molecular weight excluding hydrogens is 552 g/mol. The lowest BCUT2D eigenvalue weighted by molar-refractivity contribution is -0.154. The zero-order chi connectivity index (χ0) is 29.1. The largest absolute Gasteiger partial charge is 0.462 e. The Morgan fingerprint density at radius 1 is 0.929 bits per heavy atom. The van der Waals surface area contributed by atoms with E-state index in [0.717, 1.165) is 16.7 Å².